The number of fused-ring (bicyclic) bond motifs is 1. The molecule has 18 heavy (non-hydrogen) atoms. The average molecular weight is 291 g/mol. The van der Waals surface area contributed by atoms with Gasteiger partial charge in [-0.2, -0.15) is 0 Å². The van der Waals surface area contributed by atoms with Crippen molar-refractivity contribution in [2.75, 3.05) is 31.1 Å². The van der Waals surface area contributed by atoms with Crippen molar-refractivity contribution in [3.63, 3.8) is 0 Å². The van der Waals surface area contributed by atoms with Gasteiger partial charge in [-0.3, -0.25) is 0 Å². The molecule has 0 aliphatic carbocycles. The minimum absolute atomic E-state index is 0. The first-order valence-corrected chi connectivity index (χ1v) is 5.99. The van der Waals surface area contributed by atoms with E-state index in [1.54, 1.807) is 6.33 Å². The average Bonchev–Trinajstić information content (AvgIpc) is 2.81. The molecule has 1 aromatic heterocycles. The molecule has 2 aliphatic heterocycles. The monoisotopic (exact) mass is 290 g/mol. The fourth-order valence-electron chi connectivity index (χ4n) is 2.87. The number of nitrogens with zero attached hydrogens (tertiary/aromatic N) is 3. The summed E-state index contributed by atoms with van der Waals surface area (Å²) in [5, 5.41) is 3.46. The van der Waals surface area contributed by atoms with E-state index in [4.69, 9.17) is 0 Å². The standard InChI is InChI=1S/C12H18N4.2ClH/c1-8-9(2)14-7-15-12(8)16-5-10-3-13-4-11(10)6-16;;/h7,10-11,13H,3-6H2,1-2H3;2*1H. The Labute approximate surface area is 120 Å². The first-order valence-electron chi connectivity index (χ1n) is 5.99. The van der Waals surface area contributed by atoms with Gasteiger partial charge in [0.15, 0.2) is 0 Å². The third-order valence-corrected chi connectivity index (χ3v) is 4.00. The summed E-state index contributed by atoms with van der Waals surface area (Å²) in [6, 6.07) is 0. The molecule has 2 unspecified atom stereocenters. The first kappa shape index (κ1) is 15.5. The Morgan fingerprint density at radius 1 is 1.11 bits per heavy atom. The van der Waals surface area contributed by atoms with E-state index in [9.17, 15) is 0 Å². The van der Waals surface area contributed by atoms with E-state index < -0.39 is 0 Å². The maximum atomic E-state index is 4.44. The SMILES string of the molecule is Cc1ncnc(N2CC3CNCC3C2)c1C.Cl.Cl. The van der Waals surface area contributed by atoms with E-state index in [-0.39, 0.29) is 24.8 Å². The molecular weight excluding hydrogens is 271 g/mol. The highest BCUT2D eigenvalue weighted by Gasteiger charge is 2.37. The van der Waals surface area contributed by atoms with Gasteiger partial charge in [-0.1, -0.05) is 0 Å². The van der Waals surface area contributed by atoms with Gasteiger partial charge in [-0.05, 0) is 25.7 Å². The molecule has 2 saturated heterocycles. The summed E-state index contributed by atoms with van der Waals surface area (Å²) in [6.07, 6.45) is 1.68. The van der Waals surface area contributed by atoms with Crippen molar-refractivity contribution in [2.24, 2.45) is 11.8 Å². The van der Waals surface area contributed by atoms with Crippen LogP contribution in [-0.2, 0) is 0 Å². The summed E-state index contributed by atoms with van der Waals surface area (Å²) in [5.74, 6) is 2.77. The second-order valence-electron chi connectivity index (χ2n) is 4.99. The third kappa shape index (κ3) is 2.56. The number of aryl methyl sites for hydroxylation is 1. The van der Waals surface area contributed by atoms with Crippen LogP contribution in [0.4, 0.5) is 5.82 Å². The zero-order valence-electron chi connectivity index (χ0n) is 10.7. The topological polar surface area (TPSA) is 41.1 Å². The lowest BCUT2D eigenvalue weighted by atomic mass is 10.0. The van der Waals surface area contributed by atoms with Crippen molar-refractivity contribution in [1.82, 2.24) is 15.3 Å². The Morgan fingerprint density at radius 2 is 1.72 bits per heavy atom. The third-order valence-electron chi connectivity index (χ3n) is 4.00. The van der Waals surface area contributed by atoms with Crippen molar-refractivity contribution < 1.29 is 0 Å². The molecule has 3 heterocycles. The molecule has 0 spiro atoms. The molecule has 0 amide bonds. The van der Waals surface area contributed by atoms with Gasteiger partial charge in [-0.25, -0.2) is 9.97 Å². The van der Waals surface area contributed by atoms with Crippen LogP contribution in [0.3, 0.4) is 0 Å². The lowest BCUT2D eigenvalue weighted by Gasteiger charge is -2.20. The minimum atomic E-state index is 0. The van der Waals surface area contributed by atoms with Gasteiger partial charge in [0, 0.05) is 37.4 Å². The number of anilines is 1. The molecule has 1 N–H and O–H groups in total. The van der Waals surface area contributed by atoms with E-state index >= 15 is 0 Å². The maximum Gasteiger partial charge on any atom is 0.135 e. The Kier molecular flexibility index (Phi) is 5.20. The van der Waals surface area contributed by atoms with Crippen LogP contribution in [0, 0.1) is 25.7 Å². The second-order valence-corrected chi connectivity index (χ2v) is 4.99. The van der Waals surface area contributed by atoms with Crippen LogP contribution in [0.2, 0.25) is 0 Å². The summed E-state index contributed by atoms with van der Waals surface area (Å²) in [4.78, 5) is 11.1. The molecule has 2 aliphatic rings. The molecule has 6 heteroatoms. The highest BCUT2D eigenvalue weighted by Crippen LogP contribution is 2.31. The molecule has 3 rings (SSSR count). The van der Waals surface area contributed by atoms with E-state index in [0.29, 0.717) is 0 Å². The molecule has 0 radical (unpaired) electrons. The summed E-state index contributed by atoms with van der Waals surface area (Å²) in [6.45, 7) is 8.81. The number of rotatable bonds is 1. The van der Waals surface area contributed by atoms with Gasteiger partial charge in [-0.15, -0.1) is 24.8 Å². The molecular formula is C12H20Cl2N4. The fourth-order valence-corrected chi connectivity index (χ4v) is 2.87. The van der Waals surface area contributed by atoms with E-state index in [2.05, 4.69) is 34.0 Å². The predicted octanol–water partition coefficient (Wildman–Crippen LogP) is 1.59. The Morgan fingerprint density at radius 3 is 2.33 bits per heavy atom. The molecule has 1 aromatic rings. The zero-order valence-corrected chi connectivity index (χ0v) is 12.4. The van der Waals surface area contributed by atoms with Crippen molar-refractivity contribution in [3.8, 4) is 0 Å². The van der Waals surface area contributed by atoms with E-state index in [1.165, 1.54) is 18.7 Å². The number of halogens is 2. The second kappa shape index (κ2) is 6.04. The van der Waals surface area contributed by atoms with Crippen molar-refractivity contribution in [1.29, 1.82) is 0 Å². The van der Waals surface area contributed by atoms with Crippen LogP contribution in [0.15, 0.2) is 6.33 Å². The molecule has 102 valence electrons. The summed E-state index contributed by atoms with van der Waals surface area (Å²) >= 11 is 0. The number of nitrogens with one attached hydrogen (secondary N) is 1. The zero-order chi connectivity index (χ0) is 11.1. The Bertz CT molecular complexity index is 401. The van der Waals surface area contributed by atoms with Gasteiger partial charge in [0.1, 0.15) is 12.1 Å². The van der Waals surface area contributed by atoms with Crippen LogP contribution in [0.5, 0.6) is 0 Å². The molecule has 0 bridgehead atoms. The summed E-state index contributed by atoms with van der Waals surface area (Å²) < 4.78 is 0. The van der Waals surface area contributed by atoms with Crippen LogP contribution in [-0.4, -0.2) is 36.1 Å². The van der Waals surface area contributed by atoms with Crippen LogP contribution in [0.25, 0.3) is 0 Å². The van der Waals surface area contributed by atoms with E-state index in [1.807, 2.05) is 0 Å². The lowest BCUT2D eigenvalue weighted by Crippen LogP contribution is -2.27. The largest absolute Gasteiger partial charge is 0.356 e. The summed E-state index contributed by atoms with van der Waals surface area (Å²) in [7, 11) is 0. The molecule has 4 nitrogen and oxygen atoms in total. The maximum absolute atomic E-state index is 4.44. The Balaban J connectivity index is 0.000000810. The van der Waals surface area contributed by atoms with E-state index in [0.717, 1.165) is 36.4 Å². The molecule has 0 saturated carbocycles. The van der Waals surface area contributed by atoms with Gasteiger partial charge >= 0.3 is 0 Å². The molecule has 0 aromatic carbocycles. The quantitative estimate of drug-likeness (QED) is 0.853. The highest BCUT2D eigenvalue weighted by molar-refractivity contribution is 5.85. The highest BCUT2D eigenvalue weighted by atomic mass is 35.5. The molecule has 2 atom stereocenters. The summed E-state index contributed by atoms with van der Waals surface area (Å²) in [5.41, 5.74) is 2.33. The first-order chi connectivity index (χ1) is 7.75. The Hall–Kier alpha value is -0.580. The lowest BCUT2D eigenvalue weighted by molar-refractivity contribution is 0.533. The van der Waals surface area contributed by atoms with Gasteiger partial charge in [0.2, 0.25) is 0 Å². The van der Waals surface area contributed by atoms with Gasteiger partial charge < -0.3 is 10.2 Å². The predicted molar refractivity (Wildman–Crippen MR) is 78.1 cm³/mol. The van der Waals surface area contributed by atoms with Crippen LogP contribution in [0.1, 0.15) is 11.3 Å². The number of aromatic nitrogens is 2. The smallest absolute Gasteiger partial charge is 0.135 e. The van der Waals surface area contributed by atoms with Crippen molar-refractivity contribution in [3.05, 3.63) is 17.6 Å². The molecule has 2 fully saturated rings. The van der Waals surface area contributed by atoms with Crippen molar-refractivity contribution in [2.45, 2.75) is 13.8 Å². The van der Waals surface area contributed by atoms with Gasteiger partial charge in [0.05, 0.1) is 0 Å². The van der Waals surface area contributed by atoms with Crippen LogP contribution < -0.4 is 10.2 Å². The normalized spacial score (nSPS) is 25.3. The van der Waals surface area contributed by atoms with Crippen LogP contribution >= 0.6 is 24.8 Å². The van der Waals surface area contributed by atoms with Crippen molar-refractivity contribution >= 4 is 30.6 Å². The number of hydrogen-bond donors (Lipinski definition) is 1. The number of hydrogen-bond acceptors (Lipinski definition) is 4. The minimum Gasteiger partial charge on any atom is -0.356 e. The fraction of sp³-hybridized carbons (Fsp3) is 0.667. The van der Waals surface area contributed by atoms with Gasteiger partial charge in [0.25, 0.3) is 0 Å².